The predicted octanol–water partition coefficient (Wildman–Crippen LogP) is 2.98. The highest BCUT2D eigenvalue weighted by Crippen LogP contribution is 2.15. The van der Waals surface area contributed by atoms with E-state index in [2.05, 4.69) is 0 Å². The van der Waals surface area contributed by atoms with E-state index in [1.807, 2.05) is 45.9 Å². The Morgan fingerprint density at radius 1 is 1.17 bits per heavy atom. The van der Waals surface area contributed by atoms with E-state index in [0.29, 0.717) is 12.0 Å². The van der Waals surface area contributed by atoms with Crippen molar-refractivity contribution in [2.75, 3.05) is 6.54 Å². The van der Waals surface area contributed by atoms with Gasteiger partial charge in [-0.2, -0.15) is 0 Å². The van der Waals surface area contributed by atoms with Crippen molar-refractivity contribution in [1.82, 2.24) is 4.90 Å². The van der Waals surface area contributed by atoms with E-state index in [9.17, 15) is 14.4 Å². The van der Waals surface area contributed by atoms with Gasteiger partial charge in [-0.1, -0.05) is 24.6 Å². The fourth-order valence-corrected chi connectivity index (χ4v) is 2.39. The molecule has 0 aliphatic carbocycles. The number of carboxylic acids is 1. The molecule has 5 nitrogen and oxygen atoms in total. The van der Waals surface area contributed by atoms with Crippen LogP contribution in [0.15, 0.2) is 18.2 Å². The largest absolute Gasteiger partial charge is 0.480 e. The van der Waals surface area contributed by atoms with Gasteiger partial charge in [0.1, 0.15) is 6.54 Å². The number of rotatable bonds is 8. The van der Waals surface area contributed by atoms with E-state index in [1.54, 1.807) is 0 Å². The molecule has 0 fully saturated rings. The molecule has 5 heteroatoms. The van der Waals surface area contributed by atoms with E-state index in [0.717, 1.165) is 11.1 Å². The fourth-order valence-electron chi connectivity index (χ4n) is 2.39. The zero-order chi connectivity index (χ0) is 17.6. The van der Waals surface area contributed by atoms with Crippen LogP contribution in [0.3, 0.4) is 0 Å². The molecule has 1 atom stereocenters. The van der Waals surface area contributed by atoms with Crippen molar-refractivity contribution in [2.45, 2.75) is 53.0 Å². The van der Waals surface area contributed by atoms with Crippen molar-refractivity contribution in [3.8, 4) is 0 Å². The van der Waals surface area contributed by atoms with Gasteiger partial charge >= 0.3 is 5.97 Å². The molecule has 0 radical (unpaired) electrons. The molecule has 0 saturated heterocycles. The molecule has 1 N–H and O–H groups in total. The van der Waals surface area contributed by atoms with Crippen LogP contribution in [-0.4, -0.2) is 40.3 Å². The maximum atomic E-state index is 12.3. The Hall–Kier alpha value is -2.17. The topological polar surface area (TPSA) is 74.7 Å². The van der Waals surface area contributed by atoms with Crippen molar-refractivity contribution < 1.29 is 19.5 Å². The van der Waals surface area contributed by atoms with Gasteiger partial charge in [-0.15, -0.1) is 0 Å². The number of carbonyl (C=O) groups excluding carboxylic acids is 2. The number of benzene rings is 1. The number of carboxylic acid groups (broad SMARTS) is 1. The lowest BCUT2D eigenvalue weighted by Gasteiger charge is -2.27. The molecule has 23 heavy (non-hydrogen) atoms. The van der Waals surface area contributed by atoms with E-state index in [-0.39, 0.29) is 37.1 Å². The molecule has 0 saturated carbocycles. The Morgan fingerprint density at radius 2 is 1.83 bits per heavy atom. The van der Waals surface area contributed by atoms with Gasteiger partial charge in [0.05, 0.1) is 0 Å². The molecular formula is C18H25NO4. The summed E-state index contributed by atoms with van der Waals surface area (Å²) in [6, 6.07) is 5.50. The summed E-state index contributed by atoms with van der Waals surface area (Å²) in [6.07, 6.45) is 0.795. The molecule has 1 unspecified atom stereocenters. The summed E-state index contributed by atoms with van der Waals surface area (Å²) in [6.45, 7) is 7.16. The molecule has 1 amide bonds. The van der Waals surface area contributed by atoms with Crippen LogP contribution in [0.2, 0.25) is 0 Å². The number of aliphatic carboxylic acids is 1. The van der Waals surface area contributed by atoms with Gasteiger partial charge in [-0.25, -0.2) is 0 Å². The number of carbonyl (C=O) groups is 3. The average Bonchev–Trinajstić information content (AvgIpc) is 2.51. The summed E-state index contributed by atoms with van der Waals surface area (Å²) in [5, 5.41) is 8.94. The van der Waals surface area contributed by atoms with Gasteiger partial charge < -0.3 is 10.0 Å². The first kappa shape index (κ1) is 18.9. The highest BCUT2D eigenvalue weighted by molar-refractivity contribution is 5.99. The van der Waals surface area contributed by atoms with Crippen molar-refractivity contribution in [3.63, 3.8) is 0 Å². The number of amides is 1. The van der Waals surface area contributed by atoms with Crippen LogP contribution in [0.1, 0.15) is 54.6 Å². The summed E-state index contributed by atoms with van der Waals surface area (Å²) in [5.74, 6) is -1.42. The smallest absolute Gasteiger partial charge is 0.323 e. The van der Waals surface area contributed by atoms with E-state index >= 15 is 0 Å². The third-order valence-corrected chi connectivity index (χ3v) is 4.01. The lowest BCUT2D eigenvalue weighted by Crippen LogP contribution is -2.41. The van der Waals surface area contributed by atoms with Crippen LogP contribution in [0, 0.1) is 13.8 Å². The number of hydrogen-bond donors (Lipinski definition) is 1. The van der Waals surface area contributed by atoms with Crippen LogP contribution in [0.25, 0.3) is 0 Å². The minimum atomic E-state index is -1.04. The summed E-state index contributed by atoms with van der Waals surface area (Å²) < 4.78 is 0. The van der Waals surface area contributed by atoms with Crippen LogP contribution < -0.4 is 0 Å². The lowest BCUT2D eigenvalue weighted by molar-refractivity contribution is -0.146. The third kappa shape index (κ3) is 5.51. The van der Waals surface area contributed by atoms with Gasteiger partial charge in [0.15, 0.2) is 5.78 Å². The monoisotopic (exact) mass is 319 g/mol. The Balaban J connectivity index is 2.74. The fraction of sp³-hybridized carbons (Fsp3) is 0.500. The Labute approximate surface area is 137 Å². The summed E-state index contributed by atoms with van der Waals surface area (Å²) >= 11 is 0. The predicted molar refractivity (Wildman–Crippen MR) is 88.6 cm³/mol. The van der Waals surface area contributed by atoms with Gasteiger partial charge in [0.2, 0.25) is 5.91 Å². The normalized spacial score (nSPS) is 11.8. The second-order valence-electron chi connectivity index (χ2n) is 5.91. The number of ketones is 1. The Kier molecular flexibility index (Phi) is 6.94. The van der Waals surface area contributed by atoms with Crippen molar-refractivity contribution in [1.29, 1.82) is 0 Å². The maximum Gasteiger partial charge on any atom is 0.323 e. The molecule has 1 aromatic carbocycles. The van der Waals surface area contributed by atoms with Crippen LogP contribution >= 0.6 is 0 Å². The maximum absolute atomic E-state index is 12.3. The van der Waals surface area contributed by atoms with E-state index in [4.69, 9.17) is 5.11 Å². The van der Waals surface area contributed by atoms with E-state index < -0.39 is 5.97 Å². The highest BCUT2D eigenvalue weighted by atomic mass is 16.4. The van der Waals surface area contributed by atoms with Crippen LogP contribution in [0.4, 0.5) is 0 Å². The summed E-state index contributed by atoms with van der Waals surface area (Å²) in [5.41, 5.74) is 2.51. The first-order valence-electron chi connectivity index (χ1n) is 7.88. The second-order valence-corrected chi connectivity index (χ2v) is 5.91. The summed E-state index contributed by atoms with van der Waals surface area (Å²) in [4.78, 5) is 36.8. The minimum Gasteiger partial charge on any atom is -0.480 e. The van der Waals surface area contributed by atoms with Gasteiger partial charge in [0.25, 0.3) is 0 Å². The van der Waals surface area contributed by atoms with Crippen molar-refractivity contribution in [2.24, 2.45) is 0 Å². The Morgan fingerprint density at radius 3 is 2.39 bits per heavy atom. The van der Waals surface area contributed by atoms with Gasteiger partial charge in [-0.3, -0.25) is 14.4 Å². The molecule has 1 aromatic rings. The molecule has 0 heterocycles. The Bertz CT molecular complexity index is 595. The lowest BCUT2D eigenvalue weighted by atomic mass is 9.99. The SMILES string of the molecule is CCC(C)N(CC(=O)O)C(=O)CCC(=O)c1cc(C)ccc1C. The molecule has 0 aromatic heterocycles. The van der Waals surface area contributed by atoms with Crippen LogP contribution in [-0.2, 0) is 9.59 Å². The first-order valence-corrected chi connectivity index (χ1v) is 7.88. The van der Waals surface area contributed by atoms with E-state index in [1.165, 1.54) is 4.90 Å². The number of Topliss-reactive ketones (excluding diaryl/α,β-unsaturated/α-hetero) is 1. The molecule has 0 spiro atoms. The standard InChI is InChI=1S/C18H25NO4/c1-5-14(4)19(11-18(22)23)17(21)9-8-16(20)15-10-12(2)6-7-13(15)3/h6-7,10,14H,5,8-9,11H2,1-4H3,(H,22,23). The molecule has 126 valence electrons. The van der Waals surface area contributed by atoms with Crippen LogP contribution in [0.5, 0.6) is 0 Å². The minimum absolute atomic E-state index is 0.0316. The third-order valence-electron chi connectivity index (χ3n) is 4.01. The van der Waals surface area contributed by atoms with Gasteiger partial charge in [-0.05, 0) is 38.8 Å². The molecule has 1 rings (SSSR count). The zero-order valence-corrected chi connectivity index (χ0v) is 14.3. The van der Waals surface area contributed by atoms with Crippen molar-refractivity contribution >= 4 is 17.7 Å². The second kappa shape index (κ2) is 8.46. The highest BCUT2D eigenvalue weighted by Gasteiger charge is 2.22. The molecule has 0 aliphatic rings. The first-order chi connectivity index (χ1) is 10.8. The zero-order valence-electron chi connectivity index (χ0n) is 14.3. The number of aryl methyl sites for hydroxylation is 2. The molecular weight excluding hydrogens is 294 g/mol. The summed E-state index contributed by atoms with van der Waals surface area (Å²) in [7, 11) is 0. The average molecular weight is 319 g/mol. The molecule has 0 aliphatic heterocycles. The van der Waals surface area contributed by atoms with Gasteiger partial charge in [0, 0.05) is 24.4 Å². The quantitative estimate of drug-likeness (QED) is 0.748. The molecule has 0 bridgehead atoms. The number of nitrogens with zero attached hydrogens (tertiary/aromatic N) is 1. The van der Waals surface area contributed by atoms with Crippen molar-refractivity contribution in [3.05, 3.63) is 34.9 Å². The number of hydrogen-bond acceptors (Lipinski definition) is 3.